The fourth-order valence-electron chi connectivity index (χ4n) is 1.80. The Labute approximate surface area is 111 Å². The van der Waals surface area contributed by atoms with Gasteiger partial charge in [0.05, 0.1) is 6.07 Å². The second kappa shape index (κ2) is 5.12. The summed E-state index contributed by atoms with van der Waals surface area (Å²) in [7, 11) is 0. The molecule has 1 rings (SSSR count). The molecule has 0 fully saturated rings. The predicted octanol–water partition coefficient (Wildman–Crippen LogP) is 3.94. The van der Waals surface area contributed by atoms with Crippen molar-refractivity contribution >= 4 is 0 Å². The van der Waals surface area contributed by atoms with Crippen LogP contribution in [-0.2, 0) is 5.41 Å². The number of nitrogens with zero attached hydrogens (tertiary/aromatic N) is 1. The molecule has 1 atom stereocenters. The Morgan fingerprint density at radius 1 is 1.00 bits per heavy atom. The molecule has 0 radical (unpaired) electrons. The smallest absolute Gasteiger partial charge is 0.121 e. The SMILES string of the molecule is CC(C)(C)N[C@H](C#N)c1ccc(C(C)(C)C)cc1. The van der Waals surface area contributed by atoms with Crippen molar-refractivity contribution in [3.63, 3.8) is 0 Å². The first-order valence-electron chi connectivity index (χ1n) is 6.41. The second-order valence-electron chi connectivity index (χ2n) is 6.83. The van der Waals surface area contributed by atoms with Crippen LogP contribution < -0.4 is 5.32 Å². The third-order valence-electron chi connectivity index (χ3n) is 2.82. The van der Waals surface area contributed by atoms with Gasteiger partial charge in [0, 0.05) is 5.54 Å². The molecule has 1 aromatic rings. The van der Waals surface area contributed by atoms with Gasteiger partial charge >= 0.3 is 0 Å². The molecule has 98 valence electrons. The minimum Gasteiger partial charge on any atom is -0.293 e. The summed E-state index contributed by atoms with van der Waals surface area (Å²) in [6, 6.07) is 10.4. The van der Waals surface area contributed by atoms with Crippen molar-refractivity contribution in [3.8, 4) is 6.07 Å². The molecule has 0 spiro atoms. The summed E-state index contributed by atoms with van der Waals surface area (Å²) >= 11 is 0. The van der Waals surface area contributed by atoms with Crippen molar-refractivity contribution in [1.82, 2.24) is 5.32 Å². The Morgan fingerprint density at radius 2 is 1.50 bits per heavy atom. The Hall–Kier alpha value is -1.33. The molecule has 0 saturated heterocycles. The lowest BCUT2D eigenvalue weighted by Crippen LogP contribution is -2.38. The van der Waals surface area contributed by atoms with Gasteiger partial charge < -0.3 is 0 Å². The van der Waals surface area contributed by atoms with Gasteiger partial charge in [-0.05, 0) is 37.3 Å². The number of rotatable bonds is 2. The molecule has 0 unspecified atom stereocenters. The van der Waals surface area contributed by atoms with Gasteiger partial charge in [-0.15, -0.1) is 0 Å². The number of hydrogen-bond acceptors (Lipinski definition) is 2. The molecule has 1 aromatic carbocycles. The molecule has 0 heterocycles. The van der Waals surface area contributed by atoms with E-state index in [-0.39, 0.29) is 17.0 Å². The Kier molecular flexibility index (Phi) is 4.19. The molecule has 0 saturated carbocycles. The zero-order valence-corrected chi connectivity index (χ0v) is 12.3. The highest BCUT2D eigenvalue weighted by Crippen LogP contribution is 2.24. The topological polar surface area (TPSA) is 35.8 Å². The molecule has 0 bridgehead atoms. The number of nitrogens with one attached hydrogen (secondary N) is 1. The van der Waals surface area contributed by atoms with Crippen LogP contribution in [0, 0.1) is 11.3 Å². The highest BCUT2D eigenvalue weighted by atomic mass is 15.0. The predicted molar refractivity (Wildman–Crippen MR) is 76.4 cm³/mol. The van der Waals surface area contributed by atoms with Crippen molar-refractivity contribution in [2.24, 2.45) is 0 Å². The lowest BCUT2D eigenvalue weighted by molar-refractivity contribution is 0.400. The number of nitriles is 1. The first kappa shape index (κ1) is 14.7. The quantitative estimate of drug-likeness (QED) is 0.855. The summed E-state index contributed by atoms with van der Waals surface area (Å²) in [4.78, 5) is 0. The second-order valence-corrected chi connectivity index (χ2v) is 6.83. The van der Waals surface area contributed by atoms with Crippen LogP contribution in [0.25, 0.3) is 0 Å². The number of hydrogen-bond donors (Lipinski definition) is 1. The lowest BCUT2D eigenvalue weighted by Gasteiger charge is -2.25. The van der Waals surface area contributed by atoms with Gasteiger partial charge in [0.2, 0.25) is 0 Å². The fourth-order valence-corrected chi connectivity index (χ4v) is 1.80. The molecule has 18 heavy (non-hydrogen) atoms. The van der Waals surface area contributed by atoms with E-state index in [9.17, 15) is 5.26 Å². The average molecular weight is 244 g/mol. The largest absolute Gasteiger partial charge is 0.293 e. The first-order valence-corrected chi connectivity index (χ1v) is 6.41. The van der Waals surface area contributed by atoms with E-state index in [1.807, 2.05) is 12.1 Å². The number of benzene rings is 1. The van der Waals surface area contributed by atoms with Crippen LogP contribution in [0.3, 0.4) is 0 Å². The van der Waals surface area contributed by atoms with Crippen molar-refractivity contribution in [2.75, 3.05) is 0 Å². The van der Waals surface area contributed by atoms with E-state index in [0.717, 1.165) is 5.56 Å². The summed E-state index contributed by atoms with van der Waals surface area (Å²) in [5, 5.41) is 12.6. The van der Waals surface area contributed by atoms with Gasteiger partial charge in [0.15, 0.2) is 0 Å². The van der Waals surface area contributed by atoms with Crippen LogP contribution in [0.5, 0.6) is 0 Å². The summed E-state index contributed by atoms with van der Waals surface area (Å²) in [5.74, 6) is 0. The fraction of sp³-hybridized carbons (Fsp3) is 0.562. The third kappa shape index (κ3) is 4.16. The van der Waals surface area contributed by atoms with Gasteiger partial charge in [-0.1, -0.05) is 45.0 Å². The van der Waals surface area contributed by atoms with E-state index < -0.39 is 0 Å². The van der Waals surface area contributed by atoms with Crippen molar-refractivity contribution in [2.45, 2.75) is 58.5 Å². The molecule has 1 N–H and O–H groups in total. The molecule has 0 aliphatic carbocycles. The van der Waals surface area contributed by atoms with Crippen LogP contribution in [0.15, 0.2) is 24.3 Å². The summed E-state index contributed by atoms with van der Waals surface area (Å²) in [6.45, 7) is 12.8. The maximum atomic E-state index is 9.26. The normalized spacial score (nSPS) is 14.1. The van der Waals surface area contributed by atoms with Crippen LogP contribution >= 0.6 is 0 Å². The van der Waals surface area contributed by atoms with E-state index in [0.29, 0.717) is 0 Å². The molecule has 0 amide bonds. The summed E-state index contributed by atoms with van der Waals surface area (Å²) < 4.78 is 0. The zero-order valence-electron chi connectivity index (χ0n) is 12.3. The van der Waals surface area contributed by atoms with Gasteiger partial charge in [0.25, 0.3) is 0 Å². The van der Waals surface area contributed by atoms with E-state index >= 15 is 0 Å². The Balaban J connectivity index is 2.94. The van der Waals surface area contributed by atoms with Crippen LogP contribution in [0.4, 0.5) is 0 Å². The molecule has 0 aliphatic heterocycles. The highest BCUT2D eigenvalue weighted by molar-refractivity contribution is 5.31. The first-order chi connectivity index (χ1) is 8.13. The van der Waals surface area contributed by atoms with Gasteiger partial charge in [0.1, 0.15) is 6.04 Å². The van der Waals surface area contributed by atoms with Crippen LogP contribution in [0.1, 0.15) is 58.7 Å². The van der Waals surface area contributed by atoms with Gasteiger partial charge in [-0.25, -0.2) is 0 Å². The van der Waals surface area contributed by atoms with Crippen molar-refractivity contribution < 1.29 is 0 Å². The van der Waals surface area contributed by atoms with E-state index in [1.54, 1.807) is 0 Å². The summed E-state index contributed by atoms with van der Waals surface area (Å²) in [6.07, 6.45) is 0. The van der Waals surface area contributed by atoms with Crippen LogP contribution in [0.2, 0.25) is 0 Å². The minimum atomic E-state index is -0.251. The minimum absolute atomic E-state index is 0.0664. The lowest BCUT2D eigenvalue weighted by atomic mass is 9.86. The maximum absolute atomic E-state index is 9.26. The summed E-state index contributed by atoms with van der Waals surface area (Å²) in [5.41, 5.74) is 2.40. The van der Waals surface area contributed by atoms with Gasteiger partial charge in [-0.2, -0.15) is 5.26 Å². The third-order valence-corrected chi connectivity index (χ3v) is 2.82. The molecular formula is C16H24N2. The van der Waals surface area contributed by atoms with Crippen molar-refractivity contribution in [3.05, 3.63) is 35.4 Å². The molecule has 0 aliphatic rings. The molecule has 2 nitrogen and oxygen atoms in total. The highest BCUT2D eigenvalue weighted by Gasteiger charge is 2.19. The van der Waals surface area contributed by atoms with E-state index in [4.69, 9.17) is 0 Å². The average Bonchev–Trinajstić information content (AvgIpc) is 2.24. The van der Waals surface area contributed by atoms with Crippen molar-refractivity contribution in [1.29, 1.82) is 5.26 Å². The molecular weight excluding hydrogens is 220 g/mol. The van der Waals surface area contributed by atoms with E-state index in [2.05, 4.69) is 65.1 Å². The monoisotopic (exact) mass is 244 g/mol. The maximum Gasteiger partial charge on any atom is 0.121 e. The van der Waals surface area contributed by atoms with Gasteiger partial charge in [-0.3, -0.25) is 5.32 Å². The zero-order chi connectivity index (χ0) is 14.0. The van der Waals surface area contributed by atoms with Crippen LogP contribution in [-0.4, -0.2) is 5.54 Å². The Morgan fingerprint density at radius 3 is 1.83 bits per heavy atom. The standard InChI is InChI=1S/C16H24N2/c1-15(2,3)13-9-7-12(8-10-13)14(11-17)18-16(4,5)6/h7-10,14,18H,1-6H3/t14-/m1/s1. The molecule has 2 heteroatoms. The van der Waals surface area contributed by atoms with E-state index in [1.165, 1.54) is 5.56 Å². The molecule has 0 aromatic heterocycles. The Bertz CT molecular complexity index is 424.